The van der Waals surface area contributed by atoms with Gasteiger partial charge in [-0.1, -0.05) is 22.0 Å². The van der Waals surface area contributed by atoms with Gasteiger partial charge in [0.25, 0.3) is 0 Å². The number of fused-ring (bicyclic) bond motifs is 1. The highest BCUT2D eigenvalue weighted by Gasteiger charge is 2.15. The molecule has 0 aliphatic rings. The van der Waals surface area contributed by atoms with Gasteiger partial charge in [-0.3, -0.25) is 4.57 Å². The summed E-state index contributed by atoms with van der Waals surface area (Å²) < 4.78 is 17.1. The van der Waals surface area contributed by atoms with Gasteiger partial charge >= 0.3 is 0 Å². The van der Waals surface area contributed by atoms with Crippen LogP contribution in [0.2, 0.25) is 0 Å². The molecule has 0 amide bonds. The van der Waals surface area contributed by atoms with Crippen molar-refractivity contribution in [1.29, 1.82) is 0 Å². The average molecular weight is 368 g/mol. The summed E-state index contributed by atoms with van der Waals surface area (Å²) in [6.45, 7) is 1.94. The lowest BCUT2D eigenvalue weighted by Crippen LogP contribution is -2.04. The molecule has 0 saturated carbocycles. The summed E-state index contributed by atoms with van der Waals surface area (Å²) in [5, 5.41) is 0. The first-order valence-electron chi connectivity index (χ1n) is 6.59. The maximum Gasteiger partial charge on any atom is 0.147 e. The molecule has 0 aliphatic carbocycles. The van der Waals surface area contributed by atoms with Crippen molar-refractivity contribution in [3.63, 3.8) is 0 Å². The molecule has 0 N–H and O–H groups in total. The second kappa shape index (κ2) is 5.78. The highest BCUT2D eigenvalue weighted by atomic mass is 79.9. The van der Waals surface area contributed by atoms with Crippen LogP contribution in [0.3, 0.4) is 0 Å². The highest BCUT2D eigenvalue weighted by Crippen LogP contribution is 2.27. The van der Waals surface area contributed by atoms with E-state index in [-0.39, 0.29) is 5.82 Å². The molecule has 0 radical (unpaired) electrons. The summed E-state index contributed by atoms with van der Waals surface area (Å²) in [4.78, 5) is 4.59. The van der Waals surface area contributed by atoms with E-state index in [2.05, 4.69) is 20.9 Å². The van der Waals surface area contributed by atoms with E-state index in [1.807, 2.05) is 35.8 Å². The molecular weight excluding hydrogens is 355 g/mol. The SMILES string of the molecule is Cc1ccc(F)c(-n2c(CCCl)nc3cc(Br)ccc32)c1. The molecule has 1 aromatic heterocycles. The van der Waals surface area contributed by atoms with Crippen LogP contribution in [-0.4, -0.2) is 15.4 Å². The van der Waals surface area contributed by atoms with E-state index in [4.69, 9.17) is 11.6 Å². The second-order valence-corrected chi connectivity index (χ2v) is 6.18. The van der Waals surface area contributed by atoms with E-state index in [1.165, 1.54) is 6.07 Å². The Morgan fingerprint density at radius 1 is 1.24 bits per heavy atom. The number of halogens is 3. The normalized spacial score (nSPS) is 11.2. The predicted molar refractivity (Wildman–Crippen MR) is 87.9 cm³/mol. The van der Waals surface area contributed by atoms with Crippen LogP contribution in [0.1, 0.15) is 11.4 Å². The van der Waals surface area contributed by atoms with Crippen LogP contribution in [-0.2, 0) is 6.42 Å². The first-order valence-corrected chi connectivity index (χ1v) is 7.92. The molecular formula is C16H13BrClFN2. The van der Waals surface area contributed by atoms with Crippen LogP contribution in [0.4, 0.5) is 4.39 Å². The molecule has 3 aromatic rings. The van der Waals surface area contributed by atoms with E-state index in [0.29, 0.717) is 18.0 Å². The Morgan fingerprint density at radius 2 is 2.05 bits per heavy atom. The van der Waals surface area contributed by atoms with Crippen LogP contribution in [0.25, 0.3) is 16.7 Å². The van der Waals surface area contributed by atoms with Gasteiger partial charge in [-0.25, -0.2) is 9.37 Å². The molecule has 1 heterocycles. The number of alkyl halides is 1. The summed E-state index contributed by atoms with van der Waals surface area (Å²) in [5.74, 6) is 0.944. The highest BCUT2D eigenvalue weighted by molar-refractivity contribution is 9.10. The van der Waals surface area contributed by atoms with Gasteiger partial charge < -0.3 is 0 Å². The fraction of sp³-hybridized carbons (Fsp3) is 0.188. The summed E-state index contributed by atoms with van der Waals surface area (Å²) >= 11 is 9.31. The van der Waals surface area contributed by atoms with Gasteiger partial charge in [0.05, 0.1) is 16.7 Å². The minimum Gasteiger partial charge on any atom is -0.293 e. The number of hydrogen-bond acceptors (Lipinski definition) is 1. The molecule has 0 saturated heterocycles. The summed E-state index contributed by atoms with van der Waals surface area (Å²) in [7, 11) is 0. The third-order valence-electron chi connectivity index (χ3n) is 3.35. The molecule has 0 atom stereocenters. The molecule has 3 rings (SSSR count). The number of rotatable bonds is 3. The number of hydrogen-bond donors (Lipinski definition) is 0. The smallest absolute Gasteiger partial charge is 0.147 e. The Morgan fingerprint density at radius 3 is 2.81 bits per heavy atom. The van der Waals surface area contributed by atoms with Crippen molar-refractivity contribution in [2.24, 2.45) is 0 Å². The van der Waals surface area contributed by atoms with E-state index >= 15 is 0 Å². The Labute approximate surface area is 135 Å². The monoisotopic (exact) mass is 366 g/mol. The Bertz CT molecular complexity index is 813. The third kappa shape index (κ3) is 2.70. The molecule has 0 fully saturated rings. The lowest BCUT2D eigenvalue weighted by Gasteiger charge is -2.10. The average Bonchev–Trinajstić information content (AvgIpc) is 2.79. The molecule has 2 nitrogen and oxygen atoms in total. The predicted octanol–water partition coefficient (Wildman–Crippen LogP) is 5.02. The quantitative estimate of drug-likeness (QED) is 0.595. The van der Waals surface area contributed by atoms with Crippen molar-refractivity contribution in [2.45, 2.75) is 13.3 Å². The lowest BCUT2D eigenvalue weighted by atomic mass is 10.2. The van der Waals surface area contributed by atoms with Gasteiger partial charge in [0.2, 0.25) is 0 Å². The molecule has 0 unspecified atom stereocenters. The summed E-state index contributed by atoms with van der Waals surface area (Å²) in [6.07, 6.45) is 0.585. The Balaban J connectivity index is 2.33. The van der Waals surface area contributed by atoms with Crippen LogP contribution >= 0.6 is 27.5 Å². The molecule has 21 heavy (non-hydrogen) atoms. The minimum absolute atomic E-state index is 0.265. The summed E-state index contributed by atoms with van der Waals surface area (Å²) in [5.41, 5.74) is 3.22. The Kier molecular flexibility index (Phi) is 4.00. The fourth-order valence-electron chi connectivity index (χ4n) is 2.42. The zero-order valence-corrected chi connectivity index (χ0v) is 13.7. The zero-order valence-electron chi connectivity index (χ0n) is 11.4. The first-order chi connectivity index (χ1) is 10.1. The van der Waals surface area contributed by atoms with Crippen molar-refractivity contribution < 1.29 is 4.39 Å². The standard InChI is InChI=1S/C16H13BrClFN2/c1-10-2-4-12(19)15(8-10)21-14-5-3-11(17)9-13(14)20-16(21)6-7-18/h2-5,8-9H,6-7H2,1H3. The van der Waals surface area contributed by atoms with Crippen molar-refractivity contribution in [1.82, 2.24) is 9.55 Å². The van der Waals surface area contributed by atoms with Crippen LogP contribution < -0.4 is 0 Å². The number of aromatic nitrogens is 2. The molecule has 0 bridgehead atoms. The molecule has 5 heteroatoms. The second-order valence-electron chi connectivity index (χ2n) is 4.89. The topological polar surface area (TPSA) is 17.8 Å². The van der Waals surface area contributed by atoms with Gasteiger partial charge in [0.15, 0.2) is 0 Å². The van der Waals surface area contributed by atoms with E-state index in [9.17, 15) is 4.39 Å². The van der Waals surface area contributed by atoms with E-state index in [0.717, 1.165) is 26.9 Å². The molecule has 0 spiro atoms. The fourth-order valence-corrected chi connectivity index (χ4v) is 2.94. The summed E-state index contributed by atoms with van der Waals surface area (Å²) in [6, 6.07) is 10.9. The largest absolute Gasteiger partial charge is 0.293 e. The van der Waals surface area contributed by atoms with Crippen LogP contribution in [0.5, 0.6) is 0 Å². The van der Waals surface area contributed by atoms with Gasteiger partial charge in [0.1, 0.15) is 11.6 Å². The first kappa shape index (κ1) is 14.5. The maximum absolute atomic E-state index is 14.3. The molecule has 0 aliphatic heterocycles. The number of benzene rings is 2. The van der Waals surface area contributed by atoms with E-state index in [1.54, 1.807) is 6.07 Å². The van der Waals surface area contributed by atoms with Crippen molar-refractivity contribution in [3.05, 3.63) is 58.1 Å². The van der Waals surface area contributed by atoms with Crippen molar-refractivity contribution >= 4 is 38.6 Å². The number of nitrogens with zero attached hydrogens (tertiary/aromatic N) is 2. The third-order valence-corrected chi connectivity index (χ3v) is 4.03. The number of imidazole rings is 1. The zero-order chi connectivity index (χ0) is 15.0. The lowest BCUT2D eigenvalue weighted by molar-refractivity contribution is 0.616. The van der Waals surface area contributed by atoms with E-state index < -0.39 is 0 Å². The maximum atomic E-state index is 14.3. The van der Waals surface area contributed by atoms with Gasteiger partial charge in [0, 0.05) is 16.8 Å². The van der Waals surface area contributed by atoms with Crippen molar-refractivity contribution in [3.8, 4) is 5.69 Å². The van der Waals surface area contributed by atoms with Crippen LogP contribution in [0.15, 0.2) is 40.9 Å². The minimum atomic E-state index is -0.265. The Hall–Kier alpha value is -1.39. The van der Waals surface area contributed by atoms with Gasteiger partial charge in [-0.15, -0.1) is 11.6 Å². The number of aryl methyl sites for hydroxylation is 2. The van der Waals surface area contributed by atoms with Crippen LogP contribution in [0, 0.1) is 12.7 Å². The molecule has 108 valence electrons. The van der Waals surface area contributed by atoms with Crippen molar-refractivity contribution in [2.75, 3.05) is 5.88 Å². The van der Waals surface area contributed by atoms with Gasteiger partial charge in [-0.2, -0.15) is 0 Å². The van der Waals surface area contributed by atoms with Gasteiger partial charge in [-0.05, 0) is 42.8 Å². The molecule has 2 aromatic carbocycles.